The summed E-state index contributed by atoms with van der Waals surface area (Å²) in [6.45, 7) is 9.24. The number of amides is 1. The van der Waals surface area contributed by atoms with Crippen molar-refractivity contribution in [1.29, 1.82) is 0 Å². The van der Waals surface area contributed by atoms with E-state index in [-0.39, 0.29) is 5.91 Å². The highest BCUT2D eigenvalue weighted by Crippen LogP contribution is 2.33. The normalized spacial score (nSPS) is 11.7. The third-order valence-corrected chi connectivity index (χ3v) is 6.89. The van der Waals surface area contributed by atoms with Gasteiger partial charge in [0.05, 0.1) is 24.0 Å². The second kappa shape index (κ2) is 8.58. The third kappa shape index (κ3) is 5.39. The number of pyridine rings is 2. The maximum Gasteiger partial charge on any atom is 0.222 e. The SMILES string of the molecule is CSc1cc(OCC[Si](C)(C)C)cc(-c2cn(C)c3cnc(NC(C)=O)cc23)n1. The molecule has 0 spiro atoms. The minimum absolute atomic E-state index is 0.144. The molecule has 6 nitrogen and oxygen atoms in total. The van der Waals surface area contributed by atoms with E-state index in [0.717, 1.165) is 45.6 Å². The zero-order valence-corrected chi connectivity index (χ0v) is 19.7. The minimum Gasteiger partial charge on any atom is -0.494 e. The Kier molecular flexibility index (Phi) is 6.33. The third-order valence-electron chi connectivity index (χ3n) is 4.56. The highest BCUT2D eigenvalue weighted by Gasteiger charge is 2.16. The van der Waals surface area contributed by atoms with Crippen LogP contribution in [-0.2, 0) is 11.8 Å². The lowest BCUT2D eigenvalue weighted by Gasteiger charge is -2.16. The first-order valence-corrected chi connectivity index (χ1v) is 14.5. The summed E-state index contributed by atoms with van der Waals surface area (Å²) in [7, 11) is 0.828. The summed E-state index contributed by atoms with van der Waals surface area (Å²) in [5.41, 5.74) is 2.82. The van der Waals surface area contributed by atoms with Crippen molar-refractivity contribution in [3.05, 3.63) is 30.6 Å². The van der Waals surface area contributed by atoms with Gasteiger partial charge in [-0.05, 0) is 18.4 Å². The van der Waals surface area contributed by atoms with Gasteiger partial charge in [-0.2, -0.15) is 0 Å². The number of aromatic nitrogens is 3. The number of aryl methyl sites for hydroxylation is 1. The average Bonchev–Trinajstić information content (AvgIpc) is 2.96. The lowest BCUT2D eigenvalue weighted by Crippen LogP contribution is -2.22. The smallest absolute Gasteiger partial charge is 0.222 e. The van der Waals surface area contributed by atoms with Gasteiger partial charge in [-0.3, -0.25) is 4.79 Å². The lowest BCUT2D eigenvalue weighted by atomic mass is 10.1. The Hall–Kier alpha value is -2.32. The number of carbonyl (C=O) groups excluding carboxylic acids is 1. The van der Waals surface area contributed by atoms with Crippen molar-refractivity contribution in [2.24, 2.45) is 7.05 Å². The Bertz CT molecular complexity index is 1040. The molecular weight excluding hydrogens is 400 g/mol. The Morgan fingerprint density at radius 2 is 2.03 bits per heavy atom. The minimum atomic E-state index is -1.15. The van der Waals surface area contributed by atoms with Gasteiger partial charge in [-0.1, -0.05) is 19.6 Å². The van der Waals surface area contributed by atoms with Crippen molar-refractivity contribution < 1.29 is 9.53 Å². The van der Waals surface area contributed by atoms with Gasteiger partial charge >= 0.3 is 0 Å². The predicted octanol–water partition coefficient (Wildman–Crippen LogP) is 5.03. The van der Waals surface area contributed by atoms with Gasteiger partial charge in [0, 0.05) is 51.3 Å². The van der Waals surface area contributed by atoms with E-state index < -0.39 is 8.07 Å². The number of nitrogens with one attached hydrogen (secondary N) is 1. The van der Waals surface area contributed by atoms with Crippen LogP contribution >= 0.6 is 11.8 Å². The number of carbonyl (C=O) groups is 1. The Labute approximate surface area is 177 Å². The molecule has 0 aromatic carbocycles. The molecule has 0 aliphatic carbocycles. The van der Waals surface area contributed by atoms with Crippen LogP contribution in [0.4, 0.5) is 5.82 Å². The molecule has 0 saturated heterocycles. The maximum absolute atomic E-state index is 11.4. The van der Waals surface area contributed by atoms with Crippen LogP contribution in [0.25, 0.3) is 22.2 Å². The van der Waals surface area contributed by atoms with E-state index in [0.29, 0.717) is 5.82 Å². The fourth-order valence-corrected chi connectivity index (χ4v) is 4.15. The van der Waals surface area contributed by atoms with Gasteiger partial charge in [0.2, 0.25) is 5.91 Å². The molecule has 3 aromatic heterocycles. The number of nitrogens with zero attached hydrogens (tertiary/aromatic N) is 3. The largest absolute Gasteiger partial charge is 0.494 e. The summed E-state index contributed by atoms with van der Waals surface area (Å²) < 4.78 is 8.11. The molecule has 154 valence electrons. The molecule has 0 bridgehead atoms. The molecule has 0 radical (unpaired) electrons. The molecule has 29 heavy (non-hydrogen) atoms. The zero-order chi connectivity index (χ0) is 21.2. The van der Waals surface area contributed by atoms with Crippen molar-refractivity contribution in [2.75, 3.05) is 18.2 Å². The Morgan fingerprint density at radius 1 is 1.28 bits per heavy atom. The topological polar surface area (TPSA) is 69.0 Å². The molecular formula is C21H28N4O2SSi. The second-order valence-electron chi connectivity index (χ2n) is 8.31. The summed E-state index contributed by atoms with van der Waals surface area (Å²) >= 11 is 1.60. The number of ether oxygens (including phenoxy) is 1. The summed E-state index contributed by atoms with van der Waals surface area (Å²) in [4.78, 5) is 20.6. The molecule has 0 atom stereocenters. The van der Waals surface area contributed by atoms with E-state index in [9.17, 15) is 4.79 Å². The van der Waals surface area contributed by atoms with E-state index in [1.807, 2.05) is 42.3 Å². The number of hydrogen-bond donors (Lipinski definition) is 1. The van der Waals surface area contributed by atoms with Gasteiger partial charge in [-0.15, -0.1) is 11.8 Å². The molecule has 8 heteroatoms. The average molecular weight is 429 g/mol. The Morgan fingerprint density at radius 3 is 2.69 bits per heavy atom. The first-order chi connectivity index (χ1) is 13.7. The molecule has 0 fully saturated rings. The quantitative estimate of drug-likeness (QED) is 0.422. The molecule has 1 amide bonds. The van der Waals surface area contributed by atoms with Gasteiger partial charge in [0.25, 0.3) is 0 Å². The zero-order valence-electron chi connectivity index (χ0n) is 17.9. The van der Waals surface area contributed by atoms with E-state index in [2.05, 4.69) is 29.9 Å². The molecule has 3 aromatic rings. The summed E-state index contributed by atoms with van der Waals surface area (Å²) in [5.74, 6) is 1.23. The number of anilines is 1. The van der Waals surface area contributed by atoms with Crippen LogP contribution in [0, 0.1) is 0 Å². The standard InChI is InChI=1S/C21H28N4O2SSi/c1-14(26)23-20-11-16-17(13-25(2)19(16)12-22-20)18-9-15(10-21(24-18)28-3)27-7-8-29(4,5)6/h9-13H,7-8H2,1-6H3,(H,22,23,26). The van der Waals surface area contributed by atoms with Crippen LogP contribution in [0.5, 0.6) is 5.75 Å². The molecule has 0 saturated carbocycles. The van der Waals surface area contributed by atoms with Crippen molar-refractivity contribution in [3.63, 3.8) is 0 Å². The van der Waals surface area contributed by atoms with Crippen molar-refractivity contribution >= 4 is 42.5 Å². The van der Waals surface area contributed by atoms with Crippen LogP contribution in [0.15, 0.2) is 35.6 Å². The molecule has 1 N–H and O–H groups in total. The molecule has 0 unspecified atom stereocenters. The highest BCUT2D eigenvalue weighted by atomic mass is 32.2. The first kappa shape index (κ1) is 21.4. The van der Waals surface area contributed by atoms with Crippen LogP contribution in [0.3, 0.4) is 0 Å². The van der Waals surface area contributed by atoms with Crippen molar-refractivity contribution in [3.8, 4) is 17.0 Å². The van der Waals surface area contributed by atoms with E-state index >= 15 is 0 Å². The fraction of sp³-hybridized carbons (Fsp3) is 0.381. The predicted molar refractivity (Wildman–Crippen MR) is 124 cm³/mol. The van der Waals surface area contributed by atoms with Gasteiger partial charge < -0.3 is 14.6 Å². The van der Waals surface area contributed by atoms with Crippen molar-refractivity contribution in [2.45, 2.75) is 37.6 Å². The van der Waals surface area contributed by atoms with Crippen molar-refractivity contribution in [1.82, 2.24) is 14.5 Å². The Balaban J connectivity index is 2.01. The van der Waals surface area contributed by atoms with E-state index in [1.54, 1.807) is 18.0 Å². The first-order valence-electron chi connectivity index (χ1n) is 9.58. The summed E-state index contributed by atoms with van der Waals surface area (Å²) in [6.07, 6.45) is 5.83. The fourth-order valence-electron chi connectivity index (χ4n) is 3.01. The molecule has 0 aliphatic rings. The van der Waals surface area contributed by atoms with Gasteiger partial charge in [0.15, 0.2) is 0 Å². The number of fused-ring (bicyclic) bond motifs is 1. The van der Waals surface area contributed by atoms with Crippen LogP contribution < -0.4 is 10.1 Å². The summed E-state index contributed by atoms with van der Waals surface area (Å²) in [5, 5.41) is 4.66. The molecule has 3 heterocycles. The number of thioether (sulfide) groups is 1. The van der Waals surface area contributed by atoms with Gasteiger partial charge in [-0.25, -0.2) is 9.97 Å². The van der Waals surface area contributed by atoms with Crippen LogP contribution in [0.2, 0.25) is 25.7 Å². The van der Waals surface area contributed by atoms with Crippen LogP contribution in [0.1, 0.15) is 6.92 Å². The summed E-state index contributed by atoms with van der Waals surface area (Å²) in [6, 6.07) is 7.00. The monoisotopic (exact) mass is 428 g/mol. The van der Waals surface area contributed by atoms with Crippen LogP contribution in [-0.4, -0.2) is 41.4 Å². The number of rotatable bonds is 7. The molecule has 0 aliphatic heterocycles. The second-order valence-corrected chi connectivity index (χ2v) is 14.8. The van der Waals surface area contributed by atoms with E-state index in [1.165, 1.54) is 6.92 Å². The highest BCUT2D eigenvalue weighted by molar-refractivity contribution is 7.98. The maximum atomic E-state index is 11.4. The lowest BCUT2D eigenvalue weighted by molar-refractivity contribution is -0.114. The van der Waals surface area contributed by atoms with Gasteiger partial charge in [0.1, 0.15) is 16.6 Å². The molecule has 3 rings (SSSR count). The van der Waals surface area contributed by atoms with E-state index in [4.69, 9.17) is 9.72 Å². The number of hydrogen-bond acceptors (Lipinski definition) is 5.